The topological polar surface area (TPSA) is 131 Å². The number of pyridine rings is 1. The predicted molar refractivity (Wildman–Crippen MR) is 159 cm³/mol. The molecule has 2 aromatic carbocycles. The minimum Gasteiger partial charge on any atom is -0.497 e. The van der Waals surface area contributed by atoms with Crippen molar-refractivity contribution in [3.63, 3.8) is 0 Å². The molecule has 1 aromatic heterocycles. The monoisotopic (exact) mass is 609 g/mol. The van der Waals surface area contributed by atoms with Gasteiger partial charge in [0.25, 0.3) is 5.91 Å². The fraction of sp³-hybridized carbons (Fsp3) is 0.300. The van der Waals surface area contributed by atoms with Crippen LogP contribution in [-0.2, 0) is 24.7 Å². The number of anilines is 1. The maximum Gasteiger partial charge on any atom is 0.330 e. The molecular weight excluding hydrogens is 577 g/mol. The Morgan fingerprint density at radius 2 is 1.65 bits per heavy atom. The number of hydrogen-bond donors (Lipinski definition) is 3. The molecule has 4 rings (SSSR count). The summed E-state index contributed by atoms with van der Waals surface area (Å²) in [6, 6.07) is 13.7. The number of nitrogens with one attached hydrogen (secondary N) is 3. The van der Waals surface area contributed by atoms with E-state index in [0.717, 1.165) is 0 Å². The van der Waals surface area contributed by atoms with Crippen molar-refractivity contribution >= 4 is 40.9 Å². The van der Waals surface area contributed by atoms with Crippen LogP contribution in [-0.4, -0.2) is 52.7 Å². The van der Waals surface area contributed by atoms with Crippen LogP contribution in [0.15, 0.2) is 66.9 Å². The van der Waals surface area contributed by atoms with Crippen LogP contribution in [0.5, 0.6) is 11.5 Å². The molecule has 0 aliphatic carbocycles. The first-order valence-corrected chi connectivity index (χ1v) is 13.6. The van der Waals surface area contributed by atoms with Gasteiger partial charge in [-0.15, -0.1) is 0 Å². The average molecular weight is 610 g/mol. The molecule has 1 aliphatic heterocycles. The molecule has 0 radical (unpaired) electrons. The normalized spacial score (nSPS) is 17.2. The van der Waals surface area contributed by atoms with Crippen LogP contribution in [0.25, 0.3) is 0 Å². The standard InChI is InChI=1S/C30H32FN5O6S/c1-29(2,3)42-26(38)25(18-6-12-21(40-4)13-7-18)35-36-28(43)34-27(39)30(36,19-8-10-20(31)11-9-19)16-24(37)33-23-15-14-22(41-5)17-32-23/h6-15,17,25,35H,16H2,1-5H3,(H,32,33,37)(H,34,39,43). The highest BCUT2D eigenvalue weighted by Crippen LogP contribution is 2.38. The molecule has 1 saturated heterocycles. The minimum absolute atomic E-state index is 0.105. The van der Waals surface area contributed by atoms with Gasteiger partial charge in [0, 0.05) is 0 Å². The number of rotatable bonds is 10. The Labute approximate surface area is 253 Å². The van der Waals surface area contributed by atoms with Gasteiger partial charge in [-0.3, -0.25) is 19.9 Å². The van der Waals surface area contributed by atoms with Gasteiger partial charge in [0.1, 0.15) is 34.8 Å². The van der Waals surface area contributed by atoms with Gasteiger partial charge >= 0.3 is 5.97 Å². The number of halogens is 1. The summed E-state index contributed by atoms with van der Waals surface area (Å²) in [5.41, 5.74) is 1.08. The van der Waals surface area contributed by atoms with Crippen LogP contribution in [0.2, 0.25) is 0 Å². The lowest BCUT2D eigenvalue weighted by molar-refractivity contribution is -0.160. The number of nitrogens with zero attached hydrogens (tertiary/aromatic N) is 2. The quantitative estimate of drug-likeness (QED) is 0.231. The first-order chi connectivity index (χ1) is 20.4. The van der Waals surface area contributed by atoms with Crippen molar-refractivity contribution in [2.45, 2.75) is 44.4 Å². The lowest BCUT2D eigenvalue weighted by Gasteiger charge is -2.38. The Balaban J connectivity index is 1.77. The van der Waals surface area contributed by atoms with E-state index in [1.165, 1.54) is 49.7 Å². The number of benzene rings is 2. The van der Waals surface area contributed by atoms with Crippen molar-refractivity contribution in [3.05, 3.63) is 83.8 Å². The molecule has 0 spiro atoms. The summed E-state index contributed by atoms with van der Waals surface area (Å²) in [5, 5.41) is 6.41. The molecular formula is C30H32FN5O6S. The maximum atomic E-state index is 14.0. The highest BCUT2D eigenvalue weighted by atomic mass is 32.1. The van der Waals surface area contributed by atoms with Crippen molar-refractivity contribution in [3.8, 4) is 11.5 Å². The van der Waals surface area contributed by atoms with Gasteiger partial charge in [-0.05, 0) is 80.5 Å². The number of aromatic nitrogens is 1. The van der Waals surface area contributed by atoms with E-state index in [2.05, 4.69) is 21.0 Å². The third kappa shape index (κ3) is 7.07. The van der Waals surface area contributed by atoms with E-state index in [1.54, 1.807) is 57.2 Å². The van der Waals surface area contributed by atoms with Crippen LogP contribution >= 0.6 is 12.2 Å². The Morgan fingerprint density at radius 3 is 2.21 bits per heavy atom. The zero-order valence-electron chi connectivity index (χ0n) is 24.3. The minimum atomic E-state index is -1.84. The Bertz CT molecular complexity index is 1500. The van der Waals surface area contributed by atoms with E-state index in [4.69, 9.17) is 26.4 Å². The fourth-order valence-corrected chi connectivity index (χ4v) is 4.79. The van der Waals surface area contributed by atoms with Crippen LogP contribution < -0.4 is 25.5 Å². The number of carbonyl (C=O) groups excluding carboxylic acids is 3. The van der Waals surface area contributed by atoms with Crippen molar-refractivity contribution in [1.82, 2.24) is 20.7 Å². The van der Waals surface area contributed by atoms with Crippen molar-refractivity contribution in [2.24, 2.45) is 0 Å². The van der Waals surface area contributed by atoms with Gasteiger partial charge in [0.05, 0.1) is 26.8 Å². The molecule has 1 aliphatic rings. The zero-order valence-corrected chi connectivity index (χ0v) is 25.1. The summed E-state index contributed by atoms with van der Waals surface area (Å²) >= 11 is 5.53. The SMILES string of the molecule is COc1ccc(C(NN2C(=S)NC(=O)C2(CC(=O)Nc2ccc(OC)cn2)c2ccc(F)cc2)C(=O)OC(C)(C)C)cc1. The van der Waals surface area contributed by atoms with E-state index in [-0.39, 0.29) is 16.5 Å². The predicted octanol–water partition coefficient (Wildman–Crippen LogP) is 3.77. The van der Waals surface area contributed by atoms with Crippen LogP contribution in [0, 0.1) is 5.82 Å². The molecule has 2 amide bonds. The molecule has 3 N–H and O–H groups in total. The molecule has 43 heavy (non-hydrogen) atoms. The van der Waals surface area contributed by atoms with Gasteiger partial charge in [-0.2, -0.15) is 0 Å². The Kier molecular flexibility index (Phi) is 9.26. The van der Waals surface area contributed by atoms with Crippen molar-refractivity contribution in [1.29, 1.82) is 0 Å². The number of amides is 2. The second-order valence-electron chi connectivity index (χ2n) is 10.6. The average Bonchev–Trinajstić information content (AvgIpc) is 3.19. The van der Waals surface area contributed by atoms with E-state index in [1.807, 2.05) is 0 Å². The molecule has 2 atom stereocenters. The molecule has 226 valence electrons. The number of carbonyl (C=O) groups is 3. The highest BCUT2D eigenvalue weighted by Gasteiger charge is 2.55. The highest BCUT2D eigenvalue weighted by molar-refractivity contribution is 7.80. The molecule has 2 unspecified atom stereocenters. The molecule has 3 aromatic rings. The van der Waals surface area contributed by atoms with Gasteiger partial charge in [0.15, 0.2) is 10.7 Å². The number of hydrogen-bond acceptors (Lipinski definition) is 9. The summed E-state index contributed by atoms with van der Waals surface area (Å²) in [6.45, 7) is 5.17. The molecule has 0 bridgehead atoms. The number of esters is 1. The first kappa shape index (κ1) is 31.3. The smallest absolute Gasteiger partial charge is 0.330 e. The lowest BCUT2D eigenvalue weighted by atomic mass is 9.85. The van der Waals surface area contributed by atoms with E-state index in [0.29, 0.717) is 17.1 Å². The second kappa shape index (κ2) is 12.7. The number of hydrazine groups is 1. The maximum absolute atomic E-state index is 14.0. The van der Waals surface area contributed by atoms with Crippen molar-refractivity contribution < 1.29 is 33.0 Å². The number of methoxy groups -OCH3 is 2. The van der Waals surface area contributed by atoms with E-state index >= 15 is 0 Å². The Morgan fingerprint density at radius 1 is 1.02 bits per heavy atom. The lowest BCUT2D eigenvalue weighted by Crippen LogP contribution is -2.57. The largest absolute Gasteiger partial charge is 0.497 e. The summed E-state index contributed by atoms with van der Waals surface area (Å²) in [5.74, 6) is -1.21. The summed E-state index contributed by atoms with van der Waals surface area (Å²) in [4.78, 5) is 44.9. The Hall–Kier alpha value is -4.62. The summed E-state index contributed by atoms with van der Waals surface area (Å²) in [6.07, 6.45) is 0.936. The summed E-state index contributed by atoms with van der Waals surface area (Å²) < 4.78 is 30.1. The molecule has 11 nitrogen and oxygen atoms in total. The van der Waals surface area contributed by atoms with Gasteiger partial charge in [-0.25, -0.2) is 19.6 Å². The van der Waals surface area contributed by atoms with E-state index in [9.17, 15) is 18.8 Å². The van der Waals surface area contributed by atoms with Crippen LogP contribution in [0.4, 0.5) is 10.2 Å². The van der Waals surface area contributed by atoms with Crippen LogP contribution in [0.1, 0.15) is 44.4 Å². The molecule has 2 heterocycles. The molecule has 0 saturated carbocycles. The van der Waals surface area contributed by atoms with E-state index < -0.39 is 47.2 Å². The molecule has 1 fully saturated rings. The number of thiocarbonyl (C=S) groups is 1. The second-order valence-corrected chi connectivity index (χ2v) is 11.0. The zero-order chi connectivity index (χ0) is 31.4. The summed E-state index contributed by atoms with van der Waals surface area (Å²) in [7, 11) is 3.00. The first-order valence-electron chi connectivity index (χ1n) is 13.2. The number of ether oxygens (including phenoxy) is 3. The van der Waals surface area contributed by atoms with Crippen molar-refractivity contribution in [2.75, 3.05) is 19.5 Å². The third-order valence-corrected chi connectivity index (χ3v) is 6.79. The van der Waals surface area contributed by atoms with Gasteiger partial charge in [-0.1, -0.05) is 24.3 Å². The third-order valence-electron chi connectivity index (χ3n) is 6.51. The van der Waals surface area contributed by atoms with Gasteiger partial charge in [0.2, 0.25) is 5.91 Å². The van der Waals surface area contributed by atoms with Gasteiger partial charge < -0.3 is 19.5 Å². The fourth-order valence-electron chi connectivity index (χ4n) is 4.49. The van der Waals surface area contributed by atoms with Crippen LogP contribution in [0.3, 0.4) is 0 Å². The molecule has 13 heteroatoms.